The van der Waals surface area contributed by atoms with Crippen LogP contribution in [0, 0.1) is 11.8 Å². The van der Waals surface area contributed by atoms with E-state index >= 15 is 0 Å². The van der Waals surface area contributed by atoms with Gasteiger partial charge in [-0.2, -0.15) is 0 Å². The number of hydrogen-bond donors (Lipinski definition) is 0. The Balaban J connectivity index is 2.40. The molecule has 0 aromatic heterocycles. The molecular formula is C11H20O3S. The molecule has 0 N–H and O–H groups in total. The summed E-state index contributed by atoms with van der Waals surface area (Å²) in [4.78, 5) is 11.7. The highest BCUT2D eigenvalue weighted by Crippen LogP contribution is 2.29. The van der Waals surface area contributed by atoms with Crippen molar-refractivity contribution in [3.63, 3.8) is 0 Å². The molecule has 0 radical (unpaired) electrons. The third-order valence-electron chi connectivity index (χ3n) is 3.11. The zero-order valence-corrected chi connectivity index (χ0v) is 10.3. The number of Topliss-reactive ketones (excluding diaryl/α,β-unsaturated/α-hetero) is 1. The summed E-state index contributed by atoms with van der Waals surface area (Å²) in [5, 5.41) is 0. The summed E-state index contributed by atoms with van der Waals surface area (Å²) in [6, 6.07) is 0. The topological polar surface area (TPSA) is 51.2 Å². The zero-order valence-electron chi connectivity index (χ0n) is 9.53. The lowest BCUT2D eigenvalue weighted by Gasteiger charge is -2.25. The largest absolute Gasteiger partial charge is 0.299 e. The Bertz CT molecular complexity index is 319. The lowest BCUT2D eigenvalue weighted by Crippen LogP contribution is -2.23. The Morgan fingerprint density at radius 3 is 2.53 bits per heavy atom. The van der Waals surface area contributed by atoms with Gasteiger partial charge >= 0.3 is 0 Å². The van der Waals surface area contributed by atoms with Gasteiger partial charge in [-0.25, -0.2) is 8.42 Å². The SMILES string of the molecule is CC1CCCC(C(=O)CCS(C)(=O)=O)C1. The highest BCUT2D eigenvalue weighted by atomic mass is 32.2. The standard InChI is InChI=1S/C11H20O3S/c1-9-4-3-5-10(8-9)11(12)6-7-15(2,13)14/h9-10H,3-8H2,1-2H3. The normalized spacial score (nSPS) is 27.6. The van der Waals surface area contributed by atoms with Crippen LogP contribution in [0.15, 0.2) is 0 Å². The van der Waals surface area contributed by atoms with E-state index < -0.39 is 9.84 Å². The Kier molecular flexibility index (Phi) is 4.32. The van der Waals surface area contributed by atoms with Crippen LogP contribution >= 0.6 is 0 Å². The molecule has 1 aliphatic rings. The van der Waals surface area contributed by atoms with Gasteiger partial charge < -0.3 is 0 Å². The third kappa shape index (κ3) is 4.78. The first-order chi connectivity index (χ1) is 6.88. The molecule has 0 saturated heterocycles. The van der Waals surface area contributed by atoms with Crippen molar-refractivity contribution in [2.45, 2.75) is 39.0 Å². The van der Waals surface area contributed by atoms with Crippen molar-refractivity contribution in [2.75, 3.05) is 12.0 Å². The number of ketones is 1. The van der Waals surface area contributed by atoms with Gasteiger partial charge in [0.05, 0.1) is 5.75 Å². The van der Waals surface area contributed by atoms with Crippen LogP contribution in [-0.4, -0.2) is 26.2 Å². The van der Waals surface area contributed by atoms with Crippen molar-refractivity contribution >= 4 is 15.6 Å². The van der Waals surface area contributed by atoms with E-state index in [1.807, 2.05) is 0 Å². The maximum Gasteiger partial charge on any atom is 0.147 e. The van der Waals surface area contributed by atoms with E-state index in [2.05, 4.69) is 6.92 Å². The molecular weight excluding hydrogens is 212 g/mol. The quantitative estimate of drug-likeness (QED) is 0.743. The van der Waals surface area contributed by atoms with Gasteiger partial charge in [0.15, 0.2) is 0 Å². The molecule has 4 heteroatoms. The molecule has 0 aliphatic heterocycles. The molecule has 1 saturated carbocycles. The minimum atomic E-state index is -2.99. The molecule has 2 unspecified atom stereocenters. The van der Waals surface area contributed by atoms with E-state index in [0.717, 1.165) is 19.3 Å². The highest BCUT2D eigenvalue weighted by Gasteiger charge is 2.25. The molecule has 0 amide bonds. The van der Waals surface area contributed by atoms with Crippen molar-refractivity contribution in [3.8, 4) is 0 Å². The fourth-order valence-corrected chi connectivity index (χ4v) is 2.79. The van der Waals surface area contributed by atoms with E-state index in [1.165, 1.54) is 12.7 Å². The first-order valence-electron chi connectivity index (χ1n) is 5.59. The second-order valence-electron chi connectivity index (χ2n) is 4.81. The number of carbonyl (C=O) groups excluding carboxylic acids is 1. The second kappa shape index (κ2) is 5.10. The van der Waals surface area contributed by atoms with Crippen LogP contribution in [0.2, 0.25) is 0 Å². The van der Waals surface area contributed by atoms with Gasteiger partial charge in [-0.15, -0.1) is 0 Å². The average Bonchev–Trinajstić information content (AvgIpc) is 2.13. The molecule has 3 nitrogen and oxygen atoms in total. The maximum absolute atomic E-state index is 11.7. The Morgan fingerprint density at radius 1 is 1.33 bits per heavy atom. The van der Waals surface area contributed by atoms with Crippen LogP contribution in [0.1, 0.15) is 39.0 Å². The minimum Gasteiger partial charge on any atom is -0.299 e. The second-order valence-corrected chi connectivity index (χ2v) is 7.07. The van der Waals surface area contributed by atoms with Gasteiger partial charge in [-0.3, -0.25) is 4.79 Å². The van der Waals surface area contributed by atoms with E-state index in [1.54, 1.807) is 0 Å². The summed E-state index contributed by atoms with van der Waals surface area (Å²) in [5.74, 6) is 0.893. The molecule has 0 heterocycles. The predicted molar refractivity (Wildman–Crippen MR) is 60.5 cm³/mol. The van der Waals surface area contributed by atoms with Gasteiger partial charge in [0.1, 0.15) is 15.6 Å². The Hall–Kier alpha value is -0.380. The highest BCUT2D eigenvalue weighted by molar-refractivity contribution is 7.90. The predicted octanol–water partition coefficient (Wildman–Crippen LogP) is 1.82. The number of hydrogen-bond acceptors (Lipinski definition) is 3. The summed E-state index contributed by atoms with van der Waals surface area (Å²) in [6.07, 6.45) is 5.60. The summed E-state index contributed by atoms with van der Waals surface area (Å²) in [5.41, 5.74) is 0. The van der Waals surface area contributed by atoms with Gasteiger partial charge in [0.2, 0.25) is 0 Å². The van der Waals surface area contributed by atoms with E-state index in [9.17, 15) is 13.2 Å². The Labute approximate surface area is 92.2 Å². The molecule has 0 bridgehead atoms. The van der Waals surface area contributed by atoms with Crippen molar-refractivity contribution < 1.29 is 13.2 Å². The van der Waals surface area contributed by atoms with Crippen LogP contribution in [0.5, 0.6) is 0 Å². The zero-order chi connectivity index (χ0) is 11.5. The first kappa shape index (κ1) is 12.7. The summed E-state index contributed by atoms with van der Waals surface area (Å²) in [7, 11) is -2.99. The smallest absolute Gasteiger partial charge is 0.147 e. The molecule has 0 aromatic carbocycles. The molecule has 1 rings (SSSR count). The van der Waals surface area contributed by atoms with E-state index in [0.29, 0.717) is 5.92 Å². The number of carbonyl (C=O) groups is 1. The molecule has 0 aromatic rings. The average molecular weight is 232 g/mol. The summed E-state index contributed by atoms with van der Waals surface area (Å²) >= 11 is 0. The van der Waals surface area contributed by atoms with E-state index in [4.69, 9.17) is 0 Å². The van der Waals surface area contributed by atoms with Gasteiger partial charge in [-0.05, 0) is 18.8 Å². The fourth-order valence-electron chi connectivity index (χ4n) is 2.22. The molecule has 0 spiro atoms. The first-order valence-corrected chi connectivity index (χ1v) is 7.65. The van der Waals surface area contributed by atoms with Crippen LogP contribution < -0.4 is 0 Å². The lowest BCUT2D eigenvalue weighted by atomic mass is 9.80. The van der Waals surface area contributed by atoms with Crippen molar-refractivity contribution in [1.82, 2.24) is 0 Å². The van der Waals surface area contributed by atoms with Crippen LogP contribution in [0.4, 0.5) is 0 Å². The third-order valence-corrected chi connectivity index (χ3v) is 4.06. The van der Waals surface area contributed by atoms with Crippen LogP contribution in [0.3, 0.4) is 0 Å². The maximum atomic E-state index is 11.7. The Morgan fingerprint density at radius 2 is 2.00 bits per heavy atom. The fraction of sp³-hybridized carbons (Fsp3) is 0.909. The molecule has 88 valence electrons. The molecule has 1 fully saturated rings. The van der Waals surface area contributed by atoms with Crippen LogP contribution in [-0.2, 0) is 14.6 Å². The van der Waals surface area contributed by atoms with Gasteiger partial charge in [0.25, 0.3) is 0 Å². The van der Waals surface area contributed by atoms with E-state index in [-0.39, 0.29) is 23.9 Å². The monoisotopic (exact) mass is 232 g/mol. The van der Waals surface area contributed by atoms with Crippen molar-refractivity contribution in [3.05, 3.63) is 0 Å². The summed E-state index contributed by atoms with van der Waals surface area (Å²) in [6.45, 7) is 2.16. The van der Waals surface area contributed by atoms with Gasteiger partial charge in [-0.1, -0.05) is 19.8 Å². The lowest BCUT2D eigenvalue weighted by molar-refractivity contribution is -0.123. The minimum absolute atomic E-state index is 0.0106. The molecule has 1 aliphatic carbocycles. The van der Waals surface area contributed by atoms with Crippen molar-refractivity contribution in [1.29, 1.82) is 0 Å². The molecule has 2 atom stereocenters. The van der Waals surface area contributed by atoms with Crippen LogP contribution in [0.25, 0.3) is 0 Å². The van der Waals surface area contributed by atoms with Gasteiger partial charge in [0, 0.05) is 18.6 Å². The summed E-state index contributed by atoms with van der Waals surface area (Å²) < 4.78 is 21.9. The molecule has 15 heavy (non-hydrogen) atoms. The number of rotatable bonds is 4. The van der Waals surface area contributed by atoms with Crippen molar-refractivity contribution in [2.24, 2.45) is 11.8 Å². The number of sulfone groups is 1.